The van der Waals surface area contributed by atoms with Crippen LogP contribution in [-0.4, -0.2) is 0 Å². The van der Waals surface area contributed by atoms with Gasteiger partial charge in [0.1, 0.15) is 0 Å². The minimum absolute atomic E-state index is 0. The van der Waals surface area contributed by atoms with Gasteiger partial charge in [-0.05, 0) is 0 Å². The molecule has 0 aromatic rings. The molecule has 0 nitrogen and oxygen atoms in total. The van der Waals surface area contributed by atoms with E-state index in [-0.39, 0.29) is 18.6 Å². The van der Waals surface area contributed by atoms with E-state index in [0.29, 0.717) is 0 Å². The first-order chi connectivity index (χ1) is 1.41. The van der Waals surface area contributed by atoms with Crippen LogP contribution in [0.3, 0.4) is 0 Å². The summed E-state index contributed by atoms with van der Waals surface area (Å²) in [5.41, 5.74) is 0. The minimum Gasteiger partial charge on any atom is -0.344 e. The van der Waals surface area contributed by atoms with E-state index in [1.807, 2.05) is 6.92 Å². The Hall–Kier alpha value is 0.584. The van der Waals surface area contributed by atoms with Crippen LogP contribution >= 0.6 is 0 Å². The van der Waals surface area contributed by atoms with Gasteiger partial charge >= 0.3 is 0 Å². The van der Waals surface area contributed by atoms with Gasteiger partial charge in [-0.3, -0.25) is 0 Å². The molecule has 0 unspecified atom stereocenters. The number of rotatable bonds is 0. The molecule has 0 bridgehead atoms. The molecule has 0 aliphatic heterocycles. The van der Waals surface area contributed by atoms with Gasteiger partial charge in [-0.15, -0.1) is 0 Å². The Morgan fingerprint density at radius 3 is 1.75 bits per heavy atom. The summed E-state index contributed by atoms with van der Waals surface area (Å²) in [6, 6.07) is 0. The van der Waals surface area contributed by atoms with Gasteiger partial charge in [-0.1, -0.05) is 6.92 Å². The molecule has 25 valence electrons. The molecular formula is C3H7V-. The van der Waals surface area contributed by atoms with Crippen molar-refractivity contribution in [3.05, 3.63) is 6.92 Å². The van der Waals surface area contributed by atoms with Crippen molar-refractivity contribution in [3.63, 3.8) is 0 Å². The van der Waals surface area contributed by atoms with E-state index in [0.717, 1.165) is 6.42 Å². The molecule has 0 amide bonds. The Morgan fingerprint density at radius 2 is 1.75 bits per heavy atom. The first-order valence-electron chi connectivity index (χ1n) is 1.21. The van der Waals surface area contributed by atoms with Crippen LogP contribution in [-0.2, 0) is 18.6 Å². The molecule has 0 rings (SSSR count). The molecule has 1 heteroatoms. The van der Waals surface area contributed by atoms with Gasteiger partial charge in [0.2, 0.25) is 0 Å². The van der Waals surface area contributed by atoms with Gasteiger partial charge in [0.15, 0.2) is 0 Å². The number of hydrogen-bond acceptors (Lipinski definition) is 0. The van der Waals surface area contributed by atoms with Crippen LogP contribution in [0, 0.1) is 6.92 Å². The Kier molecular flexibility index (Phi) is 21.0. The summed E-state index contributed by atoms with van der Waals surface area (Å²) in [6.45, 7) is 5.50. The monoisotopic (exact) mass is 94.0 g/mol. The van der Waals surface area contributed by atoms with Crippen LogP contribution in [0.4, 0.5) is 0 Å². The topological polar surface area (TPSA) is 0 Å². The zero-order valence-corrected chi connectivity index (χ0v) is 4.26. The molecule has 0 spiro atoms. The molecule has 0 N–H and O–H groups in total. The molecule has 0 aliphatic rings. The predicted octanol–water partition coefficient (Wildman–Crippen LogP) is 1.23. The van der Waals surface area contributed by atoms with Crippen molar-refractivity contribution in [2.75, 3.05) is 0 Å². The zero-order chi connectivity index (χ0) is 2.71. The Balaban J connectivity index is 0. The maximum Gasteiger partial charge on any atom is 0 e. The second-order valence-electron chi connectivity index (χ2n) is 0.500. The third-order valence-electron chi connectivity index (χ3n) is 0. The van der Waals surface area contributed by atoms with Crippen LogP contribution in [0.15, 0.2) is 0 Å². The van der Waals surface area contributed by atoms with Crippen LogP contribution < -0.4 is 0 Å². The minimum atomic E-state index is 0. The van der Waals surface area contributed by atoms with E-state index in [4.69, 9.17) is 0 Å². The molecule has 4 heavy (non-hydrogen) atoms. The Morgan fingerprint density at radius 1 is 1.75 bits per heavy atom. The fourth-order valence-corrected chi connectivity index (χ4v) is 0. The van der Waals surface area contributed by atoms with Crippen molar-refractivity contribution in [2.24, 2.45) is 0 Å². The van der Waals surface area contributed by atoms with Crippen LogP contribution in [0.1, 0.15) is 13.3 Å². The predicted molar refractivity (Wildman–Crippen MR) is 15.6 cm³/mol. The average molecular weight is 94.0 g/mol. The standard InChI is InChI=1S/C3H7.V/c1-3-2;/h1,3H2,2H3;/q-1;. The molecular weight excluding hydrogens is 87.0 g/mol. The van der Waals surface area contributed by atoms with E-state index < -0.39 is 0 Å². The third-order valence-corrected chi connectivity index (χ3v) is 0. The fraction of sp³-hybridized carbons (Fsp3) is 0.667. The van der Waals surface area contributed by atoms with Gasteiger partial charge in [0, 0.05) is 18.6 Å². The largest absolute Gasteiger partial charge is 0.344 e. The summed E-state index contributed by atoms with van der Waals surface area (Å²) in [7, 11) is 0. The van der Waals surface area contributed by atoms with Crippen molar-refractivity contribution in [1.82, 2.24) is 0 Å². The number of hydrogen-bond donors (Lipinski definition) is 0. The summed E-state index contributed by atoms with van der Waals surface area (Å²) in [5.74, 6) is 0. The summed E-state index contributed by atoms with van der Waals surface area (Å²) < 4.78 is 0. The van der Waals surface area contributed by atoms with E-state index >= 15 is 0 Å². The molecule has 0 aliphatic carbocycles. The van der Waals surface area contributed by atoms with Gasteiger partial charge in [-0.2, -0.15) is 6.42 Å². The van der Waals surface area contributed by atoms with Crippen LogP contribution in [0.25, 0.3) is 0 Å². The smallest absolute Gasteiger partial charge is 0 e. The van der Waals surface area contributed by atoms with Crippen molar-refractivity contribution < 1.29 is 18.6 Å². The van der Waals surface area contributed by atoms with E-state index in [9.17, 15) is 0 Å². The second-order valence-corrected chi connectivity index (χ2v) is 0.500. The molecule has 0 saturated heterocycles. The average Bonchev–Trinajstić information content (AvgIpc) is 0.918. The second kappa shape index (κ2) is 9.54. The van der Waals surface area contributed by atoms with Crippen molar-refractivity contribution in [1.29, 1.82) is 0 Å². The van der Waals surface area contributed by atoms with E-state index in [2.05, 4.69) is 6.92 Å². The van der Waals surface area contributed by atoms with Gasteiger partial charge in [0.25, 0.3) is 0 Å². The fourth-order valence-electron chi connectivity index (χ4n) is 0. The quantitative estimate of drug-likeness (QED) is 0.396. The maximum absolute atomic E-state index is 3.49. The Labute approximate surface area is 39.5 Å². The molecule has 0 aromatic heterocycles. The van der Waals surface area contributed by atoms with Crippen molar-refractivity contribution >= 4 is 0 Å². The maximum atomic E-state index is 3.49. The van der Waals surface area contributed by atoms with E-state index in [1.54, 1.807) is 0 Å². The molecule has 0 fully saturated rings. The van der Waals surface area contributed by atoms with Gasteiger partial charge in [0.05, 0.1) is 0 Å². The molecule has 0 atom stereocenters. The summed E-state index contributed by atoms with van der Waals surface area (Å²) in [5, 5.41) is 0. The molecule has 0 heterocycles. The summed E-state index contributed by atoms with van der Waals surface area (Å²) >= 11 is 0. The van der Waals surface area contributed by atoms with E-state index in [1.165, 1.54) is 0 Å². The SMILES string of the molecule is [CH2-]CC.[V]. The van der Waals surface area contributed by atoms with Crippen LogP contribution in [0.5, 0.6) is 0 Å². The third kappa shape index (κ3) is 19.0. The first-order valence-corrected chi connectivity index (χ1v) is 1.21. The zero-order valence-electron chi connectivity index (χ0n) is 2.86. The molecule has 0 saturated carbocycles. The normalized spacial score (nSPS) is 4.50. The summed E-state index contributed by atoms with van der Waals surface area (Å²) in [6.07, 6.45) is 1.00. The molecule has 1 radical (unpaired) electrons. The van der Waals surface area contributed by atoms with Crippen molar-refractivity contribution in [2.45, 2.75) is 13.3 Å². The van der Waals surface area contributed by atoms with Crippen LogP contribution in [0.2, 0.25) is 0 Å². The van der Waals surface area contributed by atoms with Gasteiger partial charge < -0.3 is 6.92 Å². The van der Waals surface area contributed by atoms with Crippen molar-refractivity contribution in [3.8, 4) is 0 Å². The molecule has 0 aromatic carbocycles. The van der Waals surface area contributed by atoms with Gasteiger partial charge in [-0.25, -0.2) is 0 Å². The summed E-state index contributed by atoms with van der Waals surface area (Å²) in [4.78, 5) is 0. The first kappa shape index (κ1) is 8.82. The Bertz CT molecular complexity index is 3.25.